The van der Waals surface area contributed by atoms with Crippen LogP contribution in [0.1, 0.15) is 23.2 Å². The molecule has 0 spiro atoms. The van der Waals surface area contributed by atoms with Crippen LogP contribution in [0.5, 0.6) is 0 Å². The zero-order valence-corrected chi connectivity index (χ0v) is 14.3. The fraction of sp³-hybridized carbons (Fsp3) is 0.250. The Labute approximate surface area is 151 Å². The fourth-order valence-corrected chi connectivity index (χ4v) is 3.05. The monoisotopic (exact) mass is 408 g/mol. The van der Waals surface area contributed by atoms with Crippen molar-refractivity contribution >= 4 is 21.5 Å². The van der Waals surface area contributed by atoms with Gasteiger partial charge >= 0.3 is 12.1 Å². The van der Waals surface area contributed by atoms with Gasteiger partial charge in [-0.05, 0) is 24.3 Å². The van der Waals surface area contributed by atoms with Crippen LogP contribution in [0, 0.1) is 0 Å². The number of benzene rings is 1. The third-order valence-electron chi connectivity index (χ3n) is 3.46. The lowest BCUT2D eigenvalue weighted by molar-refractivity contribution is -0.283. The zero-order chi connectivity index (χ0) is 20.3. The first-order chi connectivity index (χ1) is 12.4. The summed E-state index contributed by atoms with van der Waals surface area (Å²) in [7, 11) is -4.00. The number of hydrogen-bond acceptors (Lipinski definition) is 4. The summed E-state index contributed by atoms with van der Waals surface area (Å²) < 4.78 is 88.9. The molecule has 5 nitrogen and oxygen atoms in total. The molecule has 1 N–H and O–H groups in total. The van der Waals surface area contributed by atoms with Crippen LogP contribution in [0.4, 0.5) is 27.6 Å². The van der Waals surface area contributed by atoms with E-state index >= 15 is 0 Å². The highest BCUT2D eigenvalue weighted by atomic mass is 32.2. The Balaban J connectivity index is 2.12. The summed E-state index contributed by atoms with van der Waals surface area (Å²) in [6, 6.07) is 7.50. The van der Waals surface area contributed by atoms with Crippen molar-refractivity contribution in [3.05, 3.63) is 54.4 Å². The standard InChI is InChI=1S/C16H13F5N2O3S/c17-15(18,16(19,20)21)7-6-14(24)11-3-1-4-12(9-11)23-27(25,26)13-5-2-8-22-10-13/h1-5,8-10,23H,6-7H2. The molecule has 2 aromatic rings. The molecule has 0 radical (unpaired) electrons. The Morgan fingerprint density at radius 3 is 2.37 bits per heavy atom. The van der Waals surface area contributed by atoms with Crippen molar-refractivity contribution in [3.8, 4) is 0 Å². The van der Waals surface area contributed by atoms with Gasteiger partial charge in [-0.2, -0.15) is 22.0 Å². The summed E-state index contributed by atoms with van der Waals surface area (Å²) in [4.78, 5) is 15.4. The number of carbonyl (C=O) groups excluding carboxylic acids is 1. The Hall–Kier alpha value is -2.56. The van der Waals surface area contributed by atoms with E-state index in [1.54, 1.807) is 0 Å². The Morgan fingerprint density at radius 1 is 1.07 bits per heavy atom. The summed E-state index contributed by atoms with van der Waals surface area (Å²) in [5, 5.41) is 0. The third kappa shape index (κ3) is 5.22. The van der Waals surface area contributed by atoms with Gasteiger partial charge in [0.05, 0.1) is 0 Å². The van der Waals surface area contributed by atoms with E-state index in [1.165, 1.54) is 36.5 Å². The molecule has 0 bridgehead atoms. The van der Waals surface area contributed by atoms with Crippen LogP contribution < -0.4 is 4.72 Å². The number of sulfonamides is 1. The number of rotatable bonds is 7. The van der Waals surface area contributed by atoms with Crippen molar-refractivity contribution in [2.45, 2.75) is 29.8 Å². The first-order valence-corrected chi connectivity index (χ1v) is 8.91. The summed E-state index contributed by atoms with van der Waals surface area (Å²) in [6.07, 6.45) is -6.02. The van der Waals surface area contributed by atoms with Gasteiger partial charge in [0.15, 0.2) is 5.78 Å². The van der Waals surface area contributed by atoms with Gasteiger partial charge in [0, 0.05) is 36.5 Å². The van der Waals surface area contributed by atoms with E-state index < -0.39 is 40.7 Å². The van der Waals surface area contributed by atoms with E-state index in [0.717, 1.165) is 12.3 Å². The maximum absolute atomic E-state index is 12.9. The van der Waals surface area contributed by atoms with Gasteiger partial charge in [-0.3, -0.25) is 14.5 Å². The lowest BCUT2D eigenvalue weighted by atomic mass is 10.0. The lowest BCUT2D eigenvalue weighted by Crippen LogP contribution is -2.36. The highest BCUT2D eigenvalue weighted by molar-refractivity contribution is 7.92. The van der Waals surface area contributed by atoms with Gasteiger partial charge in [0.1, 0.15) is 4.90 Å². The molecular weight excluding hydrogens is 395 g/mol. The number of ketones is 1. The molecule has 0 unspecified atom stereocenters. The van der Waals surface area contributed by atoms with Gasteiger partial charge in [0.2, 0.25) is 0 Å². The molecule has 0 atom stereocenters. The Bertz CT molecular complexity index is 915. The summed E-state index contributed by atoms with van der Waals surface area (Å²) in [5.74, 6) is -5.95. The van der Waals surface area contributed by atoms with Gasteiger partial charge in [-0.1, -0.05) is 12.1 Å². The van der Waals surface area contributed by atoms with Crippen molar-refractivity contribution < 1.29 is 35.2 Å². The molecule has 1 aromatic heterocycles. The number of carbonyl (C=O) groups is 1. The second-order valence-electron chi connectivity index (χ2n) is 5.50. The van der Waals surface area contributed by atoms with Crippen molar-refractivity contribution in [1.82, 2.24) is 4.98 Å². The number of aromatic nitrogens is 1. The van der Waals surface area contributed by atoms with Crippen molar-refractivity contribution in [1.29, 1.82) is 0 Å². The Kier molecular flexibility index (Phi) is 5.83. The molecule has 11 heteroatoms. The number of alkyl halides is 5. The average molecular weight is 408 g/mol. The number of Topliss-reactive ketones (excluding diaryl/α,β-unsaturated/α-hetero) is 1. The number of nitrogens with zero attached hydrogens (tertiary/aromatic N) is 1. The van der Waals surface area contributed by atoms with Crippen molar-refractivity contribution in [2.24, 2.45) is 0 Å². The minimum atomic E-state index is -5.74. The lowest BCUT2D eigenvalue weighted by Gasteiger charge is -2.18. The summed E-state index contributed by atoms with van der Waals surface area (Å²) >= 11 is 0. The predicted octanol–water partition coefficient (Wildman–Crippen LogP) is 4.04. The molecular formula is C16H13F5N2O3S. The van der Waals surface area contributed by atoms with E-state index in [2.05, 4.69) is 9.71 Å². The van der Waals surface area contributed by atoms with Crippen LogP contribution in [0.2, 0.25) is 0 Å². The molecule has 0 aliphatic rings. The number of anilines is 1. The van der Waals surface area contributed by atoms with Crippen LogP contribution in [0.3, 0.4) is 0 Å². The average Bonchev–Trinajstić information content (AvgIpc) is 2.59. The quantitative estimate of drug-likeness (QED) is 0.554. The molecule has 27 heavy (non-hydrogen) atoms. The van der Waals surface area contributed by atoms with Gasteiger partial charge in [0.25, 0.3) is 10.0 Å². The second kappa shape index (κ2) is 7.59. The predicted molar refractivity (Wildman–Crippen MR) is 86.1 cm³/mol. The highest BCUT2D eigenvalue weighted by Crippen LogP contribution is 2.39. The van der Waals surface area contributed by atoms with Crippen LogP contribution in [-0.4, -0.2) is 31.3 Å². The second-order valence-corrected chi connectivity index (χ2v) is 7.18. The van der Waals surface area contributed by atoms with Gasteiger partial charge in [-0.15, -0.1) is 0 Å². The molecule has 0 saturated heterocycles. The van der Waals surface area contributed by atoms with Crippen molar-refractivity contribution in [2.75, 3.05) is 4.72 Å². The first kappa shape index (κ1) is 20.7. The van der Waals surface area contributed by atoms with Crippen molar-refractivity contribution in [3.63, 3.8) is 0 Å². The Morgan fingerprint density at radius 2 is 1.78 bits per heavy atom. The fourth-order valence-electron chi connectivity index (χ4n) is 2.03. The van der Waals surface area contributed by atoms with E-state index in [0.29, 0.717) is 0 Å². The van der Waals surface area contributed by atoms with Crippen LogP contribution >= 0.6 is 0 Å². The third-order valence-corrected chi connectivity index (χ3v) is 4.83. The minimum Gasteiger partial charge on any atom is -0.294 e. The van der Waals surface area contributed by atoms with Crippen LogP contribution in [0.25, 0.3) is 0 Å². The zero-order valence-electron chi connectivity index (χ0n) is 13.5. The molecule has 1 aromatic carbocycles. The molecule has 0 aliphatic carbocycles. The topological polar surface area (TPSA) is 76.1 Å². The van der Waals surface area contributed by atoms with Crippen LogP contribution in [0.15, 0.2) is 53.7 Å². The SMILES string of the molecule is O=C(CCC(F)(F)C(F)(F)F)c1cccc(NS(=O)(=O)c2cccnc2)c1. The molecule has 2 rings (SSSR count). The van der Waals surface area contributed by atoms with E-state index in [1.807, 2.05) is 0 Å². The number of halogens is 5. The summed E-state index contributed by atoms with van der Waals surface area (Å²) in [5.41, 5.74) is -0.244. The van der Waals surface area contributed by atoms with Crippen LogP contribution in [-0.2, 0) is 10.0 Å². The maximum Gasteiger partial charge on any atom is 0.453 e. The first-order valence-electron chi connectivity index (χ1n) is 7.43. The van der Waals surface area contributed by atoms with Gasteiger partial charge in [-0.25, -0.2) is 8.42 Å². The highest BCUT2D eigenvalue weighted by Gasteiger charge is 2.56. The number of pyridine rings is 1. The summed E-state index contributed by atoms with van der Waals surface area (Å²) in [6.45, 7) is 0. The molecule has 0 fully saturated rings. The smallest absolute Gasteiger partial charge is 0.294 e. The molecule has 1 heterocycles. The van der Waals surface area contributed by atoms with Gasteiger partial charge < -0.3 is 0 Å². The van der Waals surface area contributed by atoms with E-state index in [9.17, 15) is 35.2 Å². The number of nitrogens with one attached hydrogen (secondary N) is 1. The molecule has 146 valence electrons. The maximum atomic E-state index is 12.9. The minimum absolute atomic E-state index is 0.0488. The normalized spacial score (nSPS) is 12.6. The molecule has 0 amide bonds. The largest absolute Gasteiger partial charge is 0.453 e. The number of hydrogen-bond donors (Lipinski definition) is 1. The van der Waals surface area contributed by atoms with E-state index in [-0.39, 0.29) is 16.1 Å². The van der Waals surface area contributed by atoms with E-state index in [4.69, 9.17) is 0 Å². The molecule has 0 aliphatic heterocycles. The molecule has 0 saturated carbocycles.